The number of para-hydroxylation sites is 1. The molecule has 2 amide bonds. The molecule has 0 aliphatic heterocycles. The average Bonchev–Trinajstić information content (AvgIpc) is 2.70. The number of nitrogens with zero attached hydrogens (tertiary/aromatic N) is 1. The number of nitrogens with one attached hydrogen (secondary N) is 2. The van der Waals surface area contributed by atoms with Crippen LogP contribution in [0.2, 0.25) is 5.02 Å². The van der Waals surface area contributed by atoms with Gasteiger partial charge in [0.25, 0.3) is 11.8 Å². The molecular weight excluding hydrogens is 386 g/mol. The molecule has 0 saturated heterocycles. The number of rotatable bonds is 9. The average molecular weight is 406 g/mol. The number of carbonyl (C=O) groups excluding carboxylic acids is 3. The number of hydrogen-bond donors (Lipinski definition) is 2. The minimum absolute atomic E-state index is 0.0781. The fourth-order valence-electron chi connectivity index (χ4n) is 2.27. The van der Waals surface area contributed by atoms with Gasteiger partial charge in [0.05, 0.1) is 7.11 Å². The summed E-state index contributed by atoms with van der Waals surface area (Å²) in [6, 6.07) is 10.4. The monoisotopic (exact) mass is 405 g/mol. The molecule has 8 nitrogen and oxygen atoms in total. The maximum atomic E-state index is 11.8. The van der Waals surface area contributed by atoms with E-state index in [-0.39, 0.29) is 12.2 Å². The SMILES string of the molecule is COc1ccccc1CCNC(=O)COC(=O)CNC(=O)c1cc(Cl)ccn1. The van der Waals surface area contributed by atoms with Crippen LogP contribution in [0.1, 0.15) is 16.1 Å². The Balaban J connectivity index is 1.65. The third kappa shape index (κ3) is 6.88. The maximum absolute atomic E-state index is 11.8. The van der Waals surface area contributed by atoms with Crippen molar-refractivity contribution in [3.05, 3.63) is 58.9 Å². The number of methoxy groups -OCH3 is 1. The number of carbonyl (C=O) groups is 3. The fourth-order valence-corrected chi connectivity index (χ4v) is 2.43. The maximum Gasteiger partial charge on any atom is 0.325 e. The number of hydrogen-bond acceptors (Lipinski definition) is 6. The van der Waals surface area contributed by atoms with E-state index in [9.17, 15) is 14.4 Å². The van der Waals surface area contributed by atoms with Gasteiger partial charge in [0.1, 0.15) is 18.0 Å². The van der Waals surface area contributed by atoms with Gasteiger partial charge >= 0.3 is 5.97 Å². The third-order valence-corrected chi connectivity index (χ3v) is 3.86. The number of halogens is 1. The van der Waals surface area contributed by atoms with Gasteiger partial charge in [-0.15, -0.1) is 0 Å². The molecule has 2 N–H and O–H groups in total. The molecule has 0 unspecified atom stereocenters. The summed E-state index contributed by atoms with van der Waals surface area (Å²) in [6.07, 6.45) is 1.96. The lowest BCUT2D eigenvalue weighted by Crippen LogP contribution is -2.34. The highest BCUT2D eigenvalue weighted by atomic mass is 35.5. The Morgan fingerprint density at radius 3 is 2.68 bits per heavy atom. The van der Waals surface area contributed by atoms with Crippen LogP contribution in [-0.4, -0.2) is 49.6 Å². The second-order valence-corrected chi connectivity index (χ2v) is 6.05. The van der Waals surface area contributed by atoms with Gasteiger partial charge in [-0.1, -0.05) is 29.8 Å². The summed E-state index contributed by atoms with van der Waals surface area (Å²) >= 11 is 5.77. The minimum Gasteiger partial charge on any atom is -0.496 e. The Morgan fingerprint density at radius 2 is 1.93 bits per heavy atom. The molecule has 1 heterocycles. The van der Waals surface area contributed by atoms with Gasteiger partial charge in [-0.25, -0.2) is 0 Å². The molecule has 0 atom stereocenters. The smallest absolute Gasteiger partial charge is 0.325 e. The van der Waals surface area contributed by atoms with Crippen molar-refractivity contribution in [2.75, 3.05) is 26.8 Å². The summed E-state index contributed by atoms with van der Waals surface area (Å²) in [5, 5.41) is 5.35. The van der Waals surface area contributed by atoms with Gasteiger partial charge in [-0.2, -0.15) is 0 Å². The van der Waals surface area contributed by atoms with E-state index < -0.39 is 24.4 Å². The van der Waals surface area contributed by atoms with Crippen molar-refractivity contribution in [3.8, 4) is 5.75 Å². The van der Waals surface area contributed by atoms with E-state index in [1.165, 1.54) is 18.3 Å². The van der Waals surface area contributed by atoms with Crippen LogP contribution < -0.4 is 15.4 Å². The summed E-state index contributed by atoms with van der Waals surface area (Å²) in [5.74, 6) is -1.00. The fraction of sp³-hybridized carbons (Fsp3) is 0.263. The van der Waals surface area contributed by atoms with E-state index in [1.807, 2.05) is 24.3 Å². The molecule has 0 fully saturated rings. The van der Waals surface area contributed by atoms with Gasteiger partial charge in [0, 0.05) is 17.8 Å². The van der Waals surface area contributed by atoms with Crippen LogP contribution in [0.15, 0.2) is 42.6 Å². The largest absolute Gasteiger partial charge is 0.496 e. The van der Waals surface area contributed by atoms with Crippen molar-refractivity contribution in [3.63, 3.8) is 0 Å². The van der Waals surface area contributed by atoms with Crippen molar-refractivity contribution in [1.29, 1.82) is 0 Å². The first kappa shape index (κ1) is 21.2. The molecule has 2 rings (SSSR count). The van der Waals surface area contributed by atoms with E-state index >= 15 is 0 Å². The molecule has 0 bridgehead atoms. The summed E-state index contributed by atoms with van der Waals surface area (Å²) < 4.78 is 10.1. The van der Waals surface area contributed by atoms with E-state index in [0.29, 0.717) is 18.0 Å². The minimum atomic E-state index is -0.741. The van der Waals surface area contributed by atoms with E-state index in [1.54, 1.807) is 7.11 Å². The standard InChI is InChI=1S/C19H20ClN3O5/c1-27-16-5-3-2-4-13(16)6-8-22-17(24)12-28-18(25)11-23-19(26)15-10-14(20)7-9-21-15/h2-5,7,9-10H,6,8,11-12H2,1H3,(H,22,24)(H,23,26). The Kier molecular flexibility index (Phi) is 8.23. The van der Waals surface area contributed by atoms with Crippen molar-refractivity contribution >= 4 is 29.4 Å². The highest BCUT2D eigenvalue weighted by Crippen LogP contribution is 2.17. The van der Waals surface area contributed by atoms with Gasteiger partial charge in [0.2, 0.25) is 0 Å². The zero-order valence-corrected chi connectivity index (χ0v) is 16.0. The molecule has 1 aromatic heterocycles. The number of amides is 2. The predicted octanol–water partition coefficient (Wildman–Crippen LogP) is 1.38. The lowest BCUT2D eigenvalue weighted by Gasteiger charge is -2.09. The quantitative estimate of drug-likeness (QED) is 0.610. The topological polar surface area (TPSA) is 107 Å². The lowest BCUT2D eigenvalue weighted by molar-refractivity contribution is -0.147. The molecule has 1 aromatic carbocycles. The molecule has 0 aliphatic rings. The van der Waals surface area contributed by atoms with Crippen molar-refractivity contribution in [1.82, 2.24) is 15.6 Å². The Labute approximate surface area is 167 Å². The van der Waals surface area contributed by atoms with Crippen molar-refractivity contribution in [2.45, 2.75) is 6.42 Å². The normalized spacial score (nSPS) is 10.1. The van der Waals surface area contributed by atoms with Crippen LogP contribution in [0.4, 0.5) is 0 Å². The summed E-state index contributed by atoms with van der Waals surface area (Å²) in [5.41, 5.74) is 1.04. The van der Waals surface area contributed by atoms with E-state index in [2.05, 4.69) is 15.6 Å². The zero-order valence-electron chi connectivity index (χ0n) is 15.2. The van der Waals surface area contributed by atoms with Crippen LogP contribution in [0.3, 0.4) is 0 Å². The molecule has 0 saturated carbocycles. The van der Waals surface area contributed by atoms with E-state index in [0.717, 1.165) is 11.3 Å². The molecule has 28 heavy (non-hydrogen) atoms. The number of benzene rings is 1. The Morgan fingerprint density at radius 1 is 1.14 bits per heavy atom. The van der Waals surface area contributed by atoms with Crippen LogP contribution in [0.25, 0.3) is 0 Å². The first-order valence-corrected chi connectivity index (χ1v) is 8.81. The predicted molar refractivity (Wildman–Crippen MR) is 102 cm³/mol. The van der Waals surface area contributed by atoms with Gasteiger partial charge < -0.3 is 20.1 Å². The summed E-state index contributed by atoms with van der Waals surface area (Å²) in [6.45, 7) is -0.453. The molecule has 0 aliphatic carbocycles. The Hall–Kier alpha value is -3.13. The number of aromatic nitrogens is 1. The number of esters is 1. The summed E-state index contributed by atoms with van der Waals surface area (Å²) in [7, 11) is 1.58. The van der Waals surface area contributed by atoms with Crippen LogP contribution >= 0.6 is 11.6 Å². The second kappa shape index (κ2) is 10.9. The first-order valence-electron chi connectivity index (χ1n) is 8.43. The molecule has 2 aromatic rings. The molecule has 148 valence electrons. The highest BCUT2D eigenvalue weighted by molar-refractivity contribution is 6.30. The first-order chi connectivity index (χ1) is 13.5. The van der Waals surface area contributed by atoms with Crippen LogP contribution in [0, 0.1) is 0 Å². The zero-order chi connectivity index (χ0) is 20.4. The highest BCUT2D eigenvalue weighted by Gasteiger charge is 2.12. The molecule has 9 heteroatoms. The Bertz CT molecular complexity index is 844. The number of ether oxygens (including phenoxy) is 2. The second-order valence-electron chi connectivity index (χ2n) is 5.61. The van der Waals surface area contributed by atoms with Crippen LogP contribution in [0.5, 0.6) is 5.75 Å². The van der Waals surface area contributed by atoms with Crippen molar-refractivity contribution < 1.29 is 23.9 Å². The van der Waals surface area contributed by atoms with Gasteiger partial charge in [-0.3, -0.25) is 19.4 Å². The third-order valence-electron chi connectivity index (χ3n) is 3.62. The van der Waals surface area contributed by atoms with Gasteiger partial charge in [0.15, 0.2) is 6.61 Å². The van der Waals surface area contributed by atoms with E-state index in [4.69, 9.17) is 21.1 Å². The molecule has 0 spiro atoms. The lowest BCUT2D eigenvalue weighted by atomic mass is 10.1. The van der Waals surface area contributed by atoms with Gasteiger partial charge in [-0.05, 0) is 30.2 Å². The van der Waals surface area contributed by atoms with Crippen molar-refractivity contribution in [2.24, 2.45) is 0 Å². The molecule has 0 radical (unpaired) electrons. The summed E-state index contributed by atoms with van der Waals surface area (Å²) in [4.78, 5) is 39.1. The number of pyridine rings is 1. The van der Waals surface area contributed by atoms with Crippen LogP contribution in [-0.2, 0) is 20.7 Å². The molecular formula is C19H20ClN3O5.